The number of hydrogen-bond donors (Lipinski definition) is 1. The predicted molar refractivity (Wildman–Crippen MR) is 91.4 cm³/mol. The highest BCUT2D eigenvalue weighted by molar-refractivity contribution is 7.10. The largest absolute Gasteiger partial charge is 0.350 e. The Morgan fingerprint density at radius 1 is 1.23 bits per heavy atom. The van der Waals surface area contributed by atoms with Gasteiger partial charge >= 0.3 is 0 Å². The minimum Gasteiger partial charge on any atom is -0.350 e. The molecule has 1 fully saturated rings. The van der Waals surface area contributed by atoms with Crippen LogP contribution in [-0.2, 0) is 0 Å². The first-order valence-electron chi connectivity index (χ1n) is 7.86. The number of nitrogens with zero attached hydrogens (tertiary/aromatic N) is 1. The van der Waals surface area contributed by atoms with Crippen molar-refractivity contribution in [1.29, 1.82) is 0 Å². The van der Waals surface area contributed by atoms with Crippen molar-refractivity contribution in [1.82, 2.24) is 10.2 Å². The van der Waals surface area contributed by atoms with E-state index in [0.717, 1.165) is 18.7 Å². The maximum atomic E-state index is 12.3. The maximum absolute atomic E-state index is 12.3. The molecular formula is C18H22N2OS. The number of thiophene rings is 1. The molecular weight excluding hydrogens is 292 g/mol. The number of rotatable bonds is 5. The fourth-order valence-electron chi connectivity index (χ4n) is 2.94. The molecule has 0 radical (unpaired) electrons. The summed E-state index contributed by atoms with van der Waals surface area (Å²) >= 11 is 1.77. The van der Waals surface area contributed by atoms with Gasteiger partial charge in [0.05, 0.1) is 6.04 Å². The van der Waals surface area contributed by atoms with E-state index in [9.17, 15) is 4.79 Å². The molecule has 3 nitrogen and oxygen atoms in total. The third kappa shape index (κ3) is 3.57. The van der Waals surface area contributed by atoms with E-state index in [1.165, 1.54) is 23.3 Å². The third-order valence-electron chi connectivity index (χ3n) is 4.22. The highest BCUT2D eigenvalue weighted by Crippen LogP contribution is 2.27. The molecule has 1 N–H and O–H groups in total. The van der Waals surface area contributed by atoms with Crippen LogP contribution in [0.3, 0.4) is 0 Å². The van der Waals surface area contributed by atoms with Crippen LogP contribution in [0.5, 0.6) is 0 Å². The van der Waals surface area contributed by atoms with Crippen LogP contribution >= 0.6 is 11.3 Å². The summed E-state index contributed by atoms with van der Waals surface area (Å²) in [5.41, 5.74) is 1.90. The quantitative estimate of drug-likeness (QED) is 0.914. The lowest BCUT2D eigenvalue weighted by Gasteiger charge is -2.26. The van der Waals surface area contributed by atoms with Crippen LogP contribution in [-0.4, -0.2) is 30.4 Å². The van der Waals surface area contributed by atoms with E-state index in [1.807, 2.05) is 31.2 Å². The van der Waals surface area contributed by atoms with Crippen molar-refractivity contribution in [2.24, 2.45) is 0 Å². The Balaban J connectivity index is 1.66. The smallest absolute Gasteiger partial charge is 0.251 e. The van der Waals surface area contributed by atoms with Gasteiger partial charge in [-0.3, -0.25) is 9.69 Å². The van der Waals surface area contributed by atoms with Crippen molar-refractivity contribution in [3.8, 4) is 0 Å². The monoisotopic (exact) mass is 314 g/mol. The van der Waals surface area contributed by atoms with Gasteiger partial charge in [-0.1, -0.05) is 23.8 Å². The first kappa shape index (κ1) is 15.3. The zero-order valence-electron chi connectivity index (χ0n) is 12.9. The molecule has 1 aliphatic rings. The van der Waals surface area contributed by atoms with E-state index in [2.05, 4.69) is 27.7 Å². The summed E-state index contributed by atoms with van der Waals surface area (Å²) in [6.07, 6.45) is 2.52. The standard InChI is InChI=1S/C18H22N2OS/c1-14-6-8-15(9-7-14)18(21)19-13-16(17-5-4-12-22-17)20-10-2-3-11-20/h4-9,12,16H,2-3,10-11,13H2,1H3,(H,19,21)/t16-/m0/s1. The zero-order chi connectivity index (χ0) is 15.4. The molecule has 1 aliphatic heterocycles. The summed E-state index contributed by atoms with van der Waals surface area (Å²) in [7, 11) is 0. The Hall–Kier alpha value is -1.65. The molecule has 2 aromatic rings. The molecule has 0 saturated carbocycles. The Morgan fingerprint density at radius 2 is 1.95 bits per heavy atom. The van der Waals surface area contributed by atoms with E-state index in [-0.39, 0.29) is 5.91 Å². The molecule has 1 saturated heterocycles. The van der Waals surface area contributed by atoms with Crippen LogP contribution in [0.2, 0.25) is 0 Å². The fourth-order valence-corrected chi connectivity index (χ4v) is 3.80. The second kappa shape index (κ2) is 7.07. The molecule has 0 unspecified atom stereocenters. The van der Waals surface area contributed by atoms with E-state index in [0.29, 0.717) is 12.6 Å². The first-order chi connectivity index (χ1) is 10.7. The van der Waals surface area contributed by atoms with Crippen molar-refractivity contribution < 1.29 is 4.79 Å². The molecule has 3 rings (SSSR count). The topological polar surface area (TPSA) is 32.3 Å². The van der Waals surface area contributed by atoms with Crippen LogP contribution in [0.1, 0.15) is 39.7 Å². The number of carbonyl (C=O) groups is 1. The summed E-state index contributed by atoms with van der Waals surface area (Å²) in [5.74, 6) is 0.0146. The summed E-state index contributed by atoms with van der Waals surface area (Å²) in [5, 5.41) is 5.22. The van der Waals surface area contributed by atoms with Crippen LogP contribution < -0.4 is 5.32 Å². The number of nitrogens with one attached hydrogen (secondary N) is 1. The summed E-state index contributed by atoms with van der Waals surface area (Å²) in [4.78, 5) is 16.1. The highest BCUT2D eigenvalue weighted by Gasteiger charge is 2.24. The minimum absolute atomic E-state index is 0.0146. The van der Waals surface area contributed by atoms with Gasteiger partial charge in [-0.05, 0) is 56.4 Å². The van der Waals surface area contributed by atoms with Crippen LogP contribution in [0, 0.1) is 6.92 Å². The summed E-state index contributed by atoms with van der Waals surface area (Å²) in [6, 6.07) is 12.3. The van der Waals surface area contributed by atoms with Gasteiger partial charge in [0.25, 0.3) is 5.91 Å². The Kier molecular flexibility index (Phi) is 4.90. The average molecular weight is 314 g/mol. The highest BCUT2D eigenvalue weighted by atomic mass is 32.1. The number of benzene rings is 1. The van der Waals surface area contributed by atoms with Crippen LogP contribution in [0.25, 0.3) is 0 Å². The first-order valence-corrected chi connectivity index (χ1v) is 8.74. The van der Waals surface area contributed by atoms with Gasteiger partial charge in [-0.25, -0.2) is 0 Å². The number of hydrogen-bond acceptors (Lipinski definition) is 3. The molecule has 0 bridgehead atoms. The van der Waals surface area contributed by atoms with E-state index in [4.69, 9.17) is 0 Å². The molecule has 116 valence electrons. The van der Waals surface area contributed by atoms with E-state index >= 15 is 0 Å². The van der Waals surface area contributed by atoms with Crippen LogP contribution in [0.4, 0.5) is 0 Å². The molecule has 4 heteroatoms. The molecule has 2 heterocycles. The zero-order valence-corrected chi connectivity index (χ0v) is 13.7. The van der Waals surface area contributed by atoms with Crippen molar-refractivity contribution in [2.45, 2.75) is 25.8 Å². The van der Waals surface area contributed by atoms with E-state index in [1.54, 1.807) is 11.3 Å². The van der Waals surface area contributed by atoms with Gasteiger partial charge in [-0.15, -0.1) is 11.3 Å². The maximum Gasteiger partial charge on any atom is 0.251 e. The second-order valence-corrected chi connectivity index (χ2v) is 6.83. The molecule has 1 aromatic carbocycles. The number of aryl methyl sites for hydroxylation is 1. The Labute approximate surface area is 136 Å². The number of carbonyl (C=O) groups excluding carboxylic acids is 1. The minimum atomic E-state index is 0.0146. The van der Waals surface area contributed by atoms with Gasteiger partial charge in [0, 0.05) is 17.0 Å². The lowest BCUT2D eigenvalue weighted by atomic mass is 10.1. The molecule has 1 aromatic heterocycles. The number of amides is 1. The van der Waals surface area contributed by atoms with Gasteiger partial charge in [0.2, 0.25) is 0 Å². The van der Waals surface area contributed by atoms with Crippen molar-refractivity contribution in [3.05, 3.63) is 57.8 Å². The van der Waals surface area contributed by atoms with Crippen molar-refractivity contribution >= 4 is 17.2 Å². The van der Waals surface area contributed by atoms with Gasteiger partial charge < -0.3 is 5.32 Å². The molecule has 1 atom stereocenters. The molecule has 1 amide bonds. The second-order valence-electron chi connectivity index (χ2n) is 5.85. The molecule has 0 aliphatic carbocycles. The van der Waals surface area contributed by atoms with Gasteiger partial charge in [0.15, 0.2) is 0 Å². The summed E-state index contributed by atoms with van der Waals surface area (Å²) in [6.45, 7) is 4.96. The molecule has 22 heavy (non-hydrogen) atoms. The van der Waals surface area contributed by atoms with E-state index < -0.39 is 0 Å². The SMILES string of the molecule is Cc1ccc(C(=O)NC[C@@H](c2cccs2)N2CCCC2)cc1. The lowest BCUT2D eigenvalue weighted by molar-refractivity contribution is 0.0938. The Bertz CT molecular complexity index is 601. The Morgan fingerprint density at radius 3 is 2.59 bits per heavy atom. The van der Waals surface area contributed by atoms with Crippen molar-refractivity contribution in [3.63, 3.8) is 0 Å². The van der Waals surface area contributed by atoms with Gasteiger partial charge in [-0.2, -0.15) is 0 Å². The lowest BCUT2D eigenvalue weighted by Crippen LogP contribution is -2.36. The summed E-state index contributed by atoms with van der Waals surface area (Å²) < 4.78 is 0. The third-order valence-corrected chi connectivity index (χ3v) is 5.20. The average Bonchev–Trinajstić information content (AvgIpc) is 3.22. The molecule has 0 spiro atoms. The van der Waals surface area contributed by atoms with Crippen molar-refractivity contribution in [2.75, 3.05) is 19.6 Å². The normalized spacial score (nSPS) is 16.6. The van der Waals surface area contributed by atoms with Gasteiger partial charge in [0.1, 0.15) is 0 Å². The number of likely N-dealkylation sites (tertiary alicyclic amines) is 1. The van der Waals surface area contributed by atoms with Crippen LogP contribution in [0.15, 0.2) is 41.8 Å². The predicted octanol–water partition coefficient (Wildman–Crippen LogP) is 3.62. The fraction of sp³-hybridized carbons (Fsp3) is 0.389.